The molecule has 2 aliphatic heterocycles. The lowest BCUT2D eigenvalue weighted by Crippen LogP contribution is -2.35. The standard InChI is InChI=1S/C26H22N2O3S/c29-32(30,28-14-12-21-13-15-31-26(21)18-28)25-10-6-20(7-11-25)19-4-8-24(9-5-19)27-16-22-2-1-3-23(22)17-27/h1-11,13,15-16H,12,14,17-18H2. The van der Waals surface area contributed by atoms with E-state index in [1.54, 1.807) is 18.4 Å². The Hall–Kier alpha value is -3.35. The van der Waals surface area contributed by atoms with Gasteiger partial charge in [0.2, 0.25) is 10.0 Å². The molecule has 3 aromatic rings. The van der Waals surface area contributed by atoms with E-state index >= 15 is 0 Å². The number of sulfonamides is 1. The summed E-state index contributed by atoms with van der Waals surface area (Å²) in [5, 5.41) is 0. The number of nitrogens with zero attached hydrogens (tertiary/aromatic N) is 2. The molecule has 3 aliphatic rings. The van der Waals surface area contributed by atoms with Gasteiger partial charge in [-0.05, 0) is 64.6 Å². The van der Waals surface area contributed by atoms with Crippen LogP contribution < -0.4 is 4.90 Å². The van der Waals surface area contributed by atoms with Gasteiger partial charge in [0.1, 0.15) is 5.76 Å². The molecular weight excluding hydrogens is 420 g/mol. The quantitative estimate of drug-likeness (QED) is 0.577. The molecule has 0 amide bonds. The number of hydrogen-bond acceptors (Lipinski definition) is 4. The fourth-order valence-electron chi connectivity index (χ4n) is 4.54. The van der Waals surface area contributed by atoms with Crippen molar-refractivity contribution in [2.75, 3.05) is 18.0 Å². The van der Waals surface area contributed by atoms with Gasteiger partial charge in [0.15, 0.2) is 0 Å². The second kappa shape index (κ2) is 7.36. The predicted octanol–water partition coefficient (Wildman–Crippen LogP) is 4.89. The highest BCUT2D eigenvalue weighted by Gasteiger charge is 2.29. The minimum absolute atomic E-state index is 0.285. The Morgan fingerprint density at radius 1 is 0.875 bits per heavy atom. The zero-order chi connectivity index (χ0) is 21.7. The molecule has 6 rings (SSSR count). The smallest absolute Gasteiger partial charge is 0.243 e. The number of rotatable bonds is 4. The molecule has 6 heteroatoms. The van der Waals surface area contributed by atoms with Crippen molar-refractivity contribution in [3.05, 3.63) is 108 Å². The topological polar surface area (TPSA) is 53.8 Å². The summed E-state index contributed by atoms with van der Waals surface area (Å²) in [6.45, 7) is 1.65. The predicted molar refractivity (Wildman–Crippen MR) is 125 cm³/mol. The van der Waals surface area contributed by atoms with Crippen LogP contribution in [0.4, 0.5) is 5.69 Å². The van der Waals surface area contributed by atoms with Gasteiger partial charge in [-0.3, -0.25) is 0 Å². The molecule has 0 unspecified atom stereocenters. The number of hydrogen-bond donors (Lipinski definition) is 0. The normalized spacial score (nSPS) is 17.8. The molecule has 5 nitrogen and oxygen atoms in total. The maximum atomic E-state index is 13.1. The number of allylic oxidation sites excluding steroid dienone is 3. The molecule has 0 fully saturated rings. The zero-order valence-corrected chi connectivity index (χ0v) is 18.3. The molecule has 32 heavy (non-hydrogen) atoms. The summed E-state index contributed by atoms with van der Waals surface area (Å²) in [5.74, 6) is 0.737. The van der Waals surface area contributed by atoms with Gasteiger partial charge in [-0.2, -0.15) is 4.31 Å². The largest absolute Gasteiger partial charge is 0.468 e. The van der Waals surface area contributed by atoms with E-state index in [1.807, 2.05) is 18.2 Å². The van der Waals surface area contributed by atoms with Crippen LogP contribution in [0.1, 0.15) is 11.3 Å². The average Bonchev–Trinajstić information content (AvgIpc) is 3.55. The minimum Gasteiger partial charge on any atom is -0.468 e. The Balaban J connectivity index is 1.20. The van der Waals surface area contributed by atoms with Crippen molar-refractivity contribution < 1.29 is 12.8 Å². The molecule has 1 aromatic heterocycles. The van der Waals surface area contributed by atoms with Gasteiger partial charge in [0.25, 0.3) is 0 Å². The second-order valence-electron chi connectivity index (χ2n) is 8.29. The summed E-state index contributed by atoms with van der Waals surface area (Å²) in [7, 11) is -3.56. The highest BCUT2D eigenvalue weighted by Crippen LogP contribution is 2.32. The first-order valence-corrected chi connectivity index (χ1v) is 12.1. The first-order valence-electron chi connectivity index (χ1n) is 10.7. The second-order valence-corrected chi connectivity index (χ2v) is 10.2. The van der Waals surface area contributed by atoms with Gasteiger partial charge in [-0.25, -0.2) is 8.42 Å². The van der Waals surface area contributed by atoms with Crippen molar-refractivity contribution in [2.45, 2.75) is 17.9 Å². The molecule has 0 atom stereocenters. The third kappa shape index (κ3) is 3.23. The molecule has 1 aliphatic carbocycles. The molecule has 0 radical (unpaired) electrons. The molecule has 0 saturated carbocycles. The van der Waals surface area contributed by atoms with Gasteiger partial charge in [0.05, 0.1) is 17.7 Å². The van der Waals surface area contributed by atoms with Crippen molar-refractivity contribution in [3.8, 4) is 11.1 Å². The van der Waals surface area contributed by atoms with Crippen molar-refractivity contribution in [1.82, 2.24) is 4.31 Å². The lowest BCUT2D eigenvalue weighted by molar-refractivity contribution is 0.343. The Morgan fingerprint density at radius 2 is 1.62 bits per heavy atom. The molecule has 0 N–H and O–H groups in total. The van der Waals surface area contributed by atoms with Crippen molar-refractivity contribution in [1.29, 1.82) is 0 Å². The number of fused-ring (bicyclic) bond motifs is 2. The Bertz CT molecular complexity index is 1380. The van der Waals surface area contributed by atoms with Crippen LogP contribution in [0, 0.1) is 0 Å². The summed E-state index contributed by atoms with van der Waals surface area (Å²) in [4.78, 5) is 2.55. The number of furan rings is 1. The van der Waals surface area contributed by atoms with Crippen LogP contribution in [0.15, 0.2) is 106 Å². The monoisotopic (exact) mass is 442 g/mol. The van der Waals surface area contributed by atoms with E-state index in [2.05, 4.69) is 53.6 Å². The van der Waals surface area contributed by atoms with E-state index in [1.165, 1.54) is 15.5 Å². The Morgan fingerprint density at radius 3 is 2.38 bits per heavy atom. The zero-order valence-electron chi connectivity index (χ0n) is 17.4. The van der Waals surface area contributed by atoms with Crippen molar-refractivity contribution in [2.24, 2.45) is 0 Å². The third-order valence-corrected chi connectivity index (χ3v) is 8.25. The van der Waals surface area contributed by atoms with Crippen molar-refractivity contribution >= 4 is 15.7 Å². The van der Waals surface area contributed by atoms with Crippen LogP contribution in [0.5, 0.6) is 0 Å². The first-order chi connectivity index (χ1) is 15.6. The molecule has 160 valence electrons. The molecule has 0 saturated heterocycles. The van der Waals surface area contributed by atoms with Crippen LogP contribution in [0.25, 0.3) is 11.1 Å². The summed E-state index contributed by atoms with van der Waals surface area (Å²) in [6.07, 6.45) is 10.9. The third-order valence-electron chi connectivity index (χ3n) is 6.39. The van der Waals surface area contributed by atoms with E-state index in [0.29, 0.717) is 17.9 Å². The highest BCUT2D eigenvalue weighted by molar-refractivity contribution is 7.89. The van der Waals surface area contributed by atoms with Crippen LogP contribution in [-0.2, 0) is 23.0 Å². The number of benzene rings is 2. The summed E-state index contributed by atoms with van der Waals surface area (Å²) >= 11 is 0. The SMILES string of the molecule is O=S(=O)(c1ccc(-c2ccc(N3C=C4C=CC=C4C3)cc2)cc1)N1CCc2ccoc2C1. The van der Waals surface area contributed by atoms with Gasteiger partial charge >= 0.3 is 0 Å². The van der Waals surface area contributed by atoms with Gasteiger partial charge < -0.3 is 9.32 Å². The van der Waals surface area contributed by atoms with Crippen molar-refractivity contribution in [3.63, 3.8) is 0 Å². The Labute approximate surface area is 187 Å². The van der Waals surface area contributed by atoms with Crippen LogP contribution in [-0.4, -0.2) is 25.8 Å². The molecule has 0 bridgehead atoms. The first kappa shape index (κ1) is 19.3. The summed E-state index contributed by atoms with van der Waals surface area (Å²) < 4.78 is 33.1. The van der Waals surface area contributed by atoms with Crippen LogP contribution in [0.3, 0.4) is 0 Å². The number of anilines is 1. The van der Waals surface area contributed by atoms with E-state index in [0.717, 1.165) is 34.7 Å². The highest BCUT2D eigenvalue weighted by atomic mass is 32.2. The van der Waals surface area contributed by atoms with Gasteiger partial charge in [-0.15, -0.1) is 0 Å². The fourth-order valence-corrected chi connectivity index (χ4v) is 5.93. The van der Waals surface area contributed by atoms with E-state index in [9.17, 15) is 8.42 Å². The molecule has 2 aromatic carbocycles. The minimum atomic E-state index is -3.56. The lowest BCUT2D eigenvalue weighted by Gasteiger charge is -2.25. The summed E-state index contributed by atoms with van der Waals surface area (Å²) in [6, 6.07) is 17.4. The van der Waals surface area contributed by atoms with E-state index in [-0.39, 0.29) is 6.54 Å². The van der Waals surface area contributed by atoms with E-state index in [4.69, 9.17) is 4.42 Å². The molecule has 3 heterocycles. The maximum Gasteiger partial charge on any atom is 0.243 e. The summed E-state index contributed by atoms with van der Waals surface area (Å²) in [5.41, 5.74) is 6.92. The molecular formula is C26H22N2O3S. The maximum absolute atomic E-state index is 13.1. The fraction of sp³-hybridized carbons (Fsp3) is 0.154. The van der Waals surface area contributed by atoms with Gasteiger partial charge in [-0.1, -0.05) is 42.5 Å². The molecule has 0 spiro atoms. The van der Waals surface area contributed by atoms with Gasteiger partial charge in [0, 0.05) is 25.0 Å². The van der Waals surface area contributed by atoms with E-state index < -0.39 is 10.0 Å². The van der Waals surface area contributed by atoms with Crippen LogP contribution >= 0.6 is 0 Å². The average molecular weight is 443 g/mol. The van der Waals surface area contributed by atoms with Crippen LogP contribution in [0.2, 0.25) is 0 Å². The lowest BCUT2D eigenvalue weighted by atomic mass is 10.1. The Kier molecular flexibility index (Phi) is 4.45.